The third kappa shape index (κ3) is 6.46. The van der Waals surface area contributed by atoms with Gasteiger partial charge in [-0.1, -0.05) is 19.0 Å². The zero-order valence-electron chi connectivity index (χ0n) is 27.9. The van der Waals surface area contributed by atoms with Crippen LogP contribution in [0.15, 0.2) is 27.4 Å². The molecule has 0 radical (unpaired) electrons. The number of methoxy groups -OCH3 is 1. The van der Waals surface area contributed by atoms with Crippen molar-refractivity contribution in [3.63, 3.8) is 0 Å². The zero-order valence-corrected chi connectivity index (χ0v) is 28.7. The van der Waals surface area contributed by atoms with Gasteiger partial charge in [-0.3, -0.25) is 9.69 Å². The number of aryl methyl sites for hydroxylation is 1. The number of ether oxygens (including phenoxy) is 2. The molecule has 1 aliphatic carbocycles. The number of nitrogen functional groups attached to an aromatic ring is 1. The summed E-state index contributed by atoms with van der Waals surface area (Å²) in [6, 6.07) is 5.87. The van der Waals surface area contributed by atoms with Crippen LogP contribution in [0.2, 0.25) is 0 Å². The number of carbonyl (C=O) groups is 1. The highest BCUT2D eigenvalue weighted by Crippen LogP contribution is 2.48. The fraction of sp³-hybridized carbons (Fsp3) is 0.545. The van der Waals surface area contributed by atoms with E-state index in [1.54, 1.807) is 18.3 Å². The van der Waals surface area contributed by atoms with Gasteiger partial charge in [0.25, 0.3) is 5.88 Å². The molecule has 1 saturated heterocycles. The maximum atomic E-state index is 12.2. The van der Waals surface area contributed by atoms with Crippen molar-refractivity contribution >= 4 is 28.3 Å². The molecule has 4 aromatic heterocycles. The van der Waals surface area contributed by atoms with E-state index in [0.29, 0.717) is 58.7 Å². The van der Waals surface area contributed by atoms with E-state index in [0.717, 1.165) is 55.8 Å². The van der Waals surface area contributed by atoms with Crippen molar-refractivity contribution in [2.75, 3.05) is 50.5 Å². The molecule has 0 spiro atoms. The fourth-order valence-electron chi connectivity index (χ4n) is 6.83. The van der Waals surface area contributed by atoms with E-state index in [-0.39, 0.29) is 17.9 Å². The number of anilines is 2. The summed E-state index contributed by atoms with van der Waals surface area (Å²) in [7, 11) is 1.36. The molecule has 1 fully saturated rings. The number of nitriles is 1. The smallest absolute Gasteiger partial charge is 0.316 e. The summed E-state index contributed by atoms with van der Waals surface area (Å²) >= 11 is 1.48. The summed E-state index contributed by atoms with van der Waals surface area (Å²) in [5.74, 6) is 1.32. The minimum Gasteiger partial charge on any atom is -0.474 e. The minimum atomic E-state index is -0.601. The maximum Gasteiger partial charge on any atom is 0.316 e. The van der Waals surface area contributed by atoms with Crippen LogP contribution >= 0.6 is 11.3 Å². The van der Waals surface area contributed by atoms with E-state index in [9.17, 15) is 10.1 Å². The van der Waals surface area contributed by atoms with Crippen molar-refractivity contribution in [3.8, 4) is 23.5 Å². The highest BCUT2D eigenvalue weighted by molar-refractivity contribution is 7.16. The van der Waals surface area contributed by atoms with Crippen LogP contribution in [0.4, 0.5) is 10.9 Å². The number of rotatable bonds is 10. The van der Waals surface area contributed by atoms with Crippen molar-refractivity contribution in [1.82, 2.24) is 30.2 Å². The van der Waals surface area contributed by atoms with Crippen LogP contribution in [0.3, 0.4) is 0 Å². The molecule has 2 N–H and O–H groups in total. The van der Waals surface area contributed by atoms with E-state index < -0.39 is 11.3 Å². The van der Waals surface area contributed by atoms with Crippen LogP contribution in [-0.2, 0) is 21.4 Å². The number of hydrogen-bond acceptors (Lipinski definition) is 15. The fourth-order valence-corrected chi connectivity index (χ4v) is 8.02. The summed E-state index contributed by atoms with van der Waals surface area (Å²) < 4.78 is 22.1. The molecule has 5 heterocycles. The number of aromatic nitrogens is 5. The molecule has 48 heavy (non-hydrogen) atoms. The minimum absolute atomic E-state index is 0.00645. The normalized spacial score (nSPS) is 20.6. The topological polar surface area (TPSA) is 183 Å². The van der Waals surface area contributed by atoms with Crippen LogP contribution in [0.25, 0.3) is 11.5 Å². The van der Waals surface area contributed by atoms with Crippen LogP contribution < -0.4 is 15.4 Å². The van der Waals surface area contributed by atoms with Gasteiger partial charge in [0.15, 0.2) is 5.76 Å². The maximum absolute atomic E-state index is 12.2. The second-order valence-corrected chi connectivity index (χ2v) is 14.1. The molecule has 1 unspecified atom stereocenters. The molecule has 4 aromatic rings. The van der Waals surface area contributed by atoms with E-state index in [1.807, 2.05) is 20.8 Å². The molecule has 0 saturated carbocycles. The lowest BCUT2D eigenvalue weighted by Gasteiger charge is -2.30. The Hall–Kier alpha value is -4.55. The predicted octanol–water partition coefficient (Wildman–Crippen LogP) is 4.56. The van der Waals surface area contributed by atoms with Gasteiger partial charge in [0.1, 0.15) is 29.3 Å². The van der Waals surface area contributed by atoms with Crippen LogP contribution in [0, 0.1) is 17.2 Å². The predicted molar refractivity (Wildman–Crippen MR) is 178 cm³/mol. The third-order valence-corrected chi connectivity index (χ3v) is 10.4. The molecule has 0 aromatic carbocycles. The molecular formula is C33H41N9O5S. The van der Waals surface area contributed by atoms with Gasteiger partial charge in [0.2, 0.25) is 17.7 Å². The Labute approximate surface area is 283 Å². The van der Waals surface area contributed by atoms with Crippen LogP contribution in [-0.4, -0.2) is 82.1 Å². The van der Waals surface area contributed by atoms with E-state index >= 15 is 0 Å². The molecule has 2 aliphatic rings. The quantitative estimate of drug-likeness (QED) is 0.231. The lowest BCUT2D eigenvalue weighted by molar-refractivity contribution is -0.144. The van der Waals surface area contributed by atoms with Gasteiger partial charge in [-0.05, 0) is 56.7 Å². The molecule has 1 aliphatic heterocycles. The first-order chi connectivity index (χ1) is 23.1. The SMILES string of the molecule is COC(=O)C(c1cc(OCCN2CCCN(c3nccc(-c4noc([C@@]5(C)CCCc6sc(N)c(C#N)c65)n4)n3)[C@@H](C)C2)no1)C(C)C. The number of nitrogens with two attached hydrogens (primary N) is 1. The number of hydrogen-bond donors (Lipinski definition) is 1. The average molecular weight is 676 g/mol. The summed E-state index contributed by atoms with van der Waals surface area (Å²) in [6.07, 6.45) is 5.24. The van der Waals surface area contributed by atoms with Crippen molar-refractivity contribution in [2.24, 2.45) is 5.92 Å². The Morgan fingerprint density at radius 3 is 2.85 bits per heavy atom. The second-order valence-electron chi connectivity index (χ2n) is 13.0. The number of carbonyl (C=O) groups excluding carboxylic acids is 1. The second kappa shape index (κ2) is 13.9. The number of fused-ring (bicyclic) bond motifs is 1. The summed E-state index contributed by atoms with van der Waals surface area (Å²) in [4.78, 5) is 32.1. The largest absolute Gasteiger partial charge is 0.474 e. The molecule has 3 atom stereocenters. The molecule has 254 valence electrons. The summed E-state index contributed by atoms with van der Waals surface area (Å²) in [6.45, 7) is 11.6. The highest BCUT2D eigenvalue weighted by atomic mass is 32.1. The molecule has 6 rings (SSSR count). The van der Waals surface area contributed by atoms with Gasteiger partial charge in [0, 0.05) is 54.9 Å². The first-order valence-electron chi connectivity index (χ1n) is 16.3. The number of thiophene rings is 1. The van der Waals surface area contributed by atoms with Crippen molar-refractivity contribution in [2.45, 2.75) is 70.8 Å². The monoisotopic (exact) mass is 675 g/mol. The lowest BCUT2D eigenvalue weighted by atomic mass is 9.72. The van der Waals surface area contributed by atoms with Crippen molar-refractivity contribution in [1.29, 1.82) is 5.26 Å². The standard InChI is InChI=1S/C33H41N9O5S/c1-19(2)26(30(43)44-5)23-16-25(39-46-23)45-15-14-41-12-7-13-42(20(3)18-41)32-36-11-9-22(37-32)29-38-31(47-40-29)33(4)10-6-8-24-27(33)21(17-34)28(35)48-24/h9,11,16,19-20,26H,6-8,10,12-15,18,35H2,1-5H3/t20-,26?,33-/m0/s1. The van der Waals surface area contributed by atoms with E-state index in [2.05, 4.69) is 38.1 Å². The summed E-state index contributed by atoms with van der Waals surface area (Å²) in [5, 5.41) is 18.7. The van der Waals surface area contributed by atoms with Gasteiger partial charge < -0.3 is 29.2 Å². The Morgan fingerprint density at radius 1 is 1.25 bits per heavy atom. The van der Waals surface area contributed by atoms with Crippen molar-refractivity contribution < 1.29 is 23.3 Å². The molecular weight excluding hydrogens is 634 g/mol. The van der Waals surface area contributed by atoms with Gasteiger partial charge in [0.05, 0.1) is 18.1 Å². The Bertz CT molecular complexity index is 1800. The van der Waals surface area contributed by atoms with Gasteiger partial charge in [-0.15, -0.1) is 11.3 Å². The zero-order chi connectivity index (χ0) is 34.0. The van der Waals surface area contributed by atoms with Crippen molar-refractivity contribution in [3.05, 3.63) is 46.0 Å². The molecule has 15 heteroatoms. The third-order valence-electron chi connectivity index (χ3n) is 9.30. The van der Waals surface area contributed by atoms with Crippen LogP contribution in [0.1, 0.15) is 80.5 Å². The molecule has 14 nitrogen and oxygen atoms in total. The number of esters is 1. The van der Waals surface area contributed by atoms with Crippen LogP contribution in [0.5, 0.6) is 5.88 Å². The van der Waals surface area contributed by atoms with Gasteiger partial charge in [-0.2, -0.15) is 10.2 Å². The van der Waals surface area contributed by atoms with E-state index in [4.69, 9.17) is 34.2 Å². The van der Waals surface area contributed by atoms with Gasteiger partial charge >= 0.3 is 5.97 Å². The Kier molecular flexibility index (Phi) is 9.66. The number of nitrogens with zero attached hydrogens (tertiary/aromatic N) is 8. The summed E-state index contributed by atoms with van der Waals surface area (Å²) in [5.41, 5.74) is 7.60. The van der Waals surface area contributed by atoms with E-state index in [1.165, 1.54) is 18.4 Å². The lowest BCUT2D eigenvalue weighted by Crippen LogP contribution is -2.41. The Balaban J connectivity index is 1.10. The molecule has 0 amide bonds. The first kappa shape index (κ1) is 33.4. The Morgan fingerprint density at radius 2 is 2.08 bits per heavy atom. The highest BCUT2D eigenvalue weighted by Gasteiger charge is 2.43. The molecule has 0 bridgehead atoms. The first-order valence-corrected chi connectivity index (χ1v) is 17.1. The van der Waals surface area contributed by atoms with Gasteiger partial charge in [-0.25, -0.2) is 9.97 Å². The average Bonchev–Trinajstić information content (AvgIpc) is 3.79.